The third-order valence-corrected chi connectivity index (χ3v) is 9.44. The van der Waals surface area contributed by atoms with Crippen LogP contribution in [0.4, 0.5) is 0 Å². The zero-order valence-electron chi connectivity index (χ0n) is 17.1. The zero-order valence-corrected chi connectivity index (χ0v) is 18.1. The normalized spacial score (nSPS) is 12.6. The van der Waals surface area contributed by atoms with E-state index in [1.807, 2.05) is 0 Å². The van der Waals surface area contributed by atoms with Gasteiger partial charge in [-0.05, 0) is 51.2 Å². The van der Waals surface area contributed by atoms with Crippen LogP contribution < -0.4 is 0 Å². The van der Waals surface area contributed by atoms with Crippen molar-refractivity contribution in [1.29, 1.82) is 0 Å². The molecule has 0 unspecified atom stereocenters. The predicted octanol–water partition coefficient (Wildman–Crippen LogP) is 4.48. The molecule has 0 heterocycles. The molecule has 0 spiro atoms. The maximum atomic E-state index is 12.6. The molecule has 0 aliphatic carbocycles. The molecule has 6 heteroatoms. The summed E-state index contributed by atoms with van der Waals surface area (Å²) in [6, 6.07) is 0. The maximum Gasteiger partial charge on any atom is 0.323 e. The van der Waals surface area contributed by atoms with Gasteiger partial charge in [-0.2, -0.15) is 0 Å². The van der Waals surface area contributed by atoms with Crippen molar-refractivity contribution in [2.45, 2.75) is 72.0 Å². The number of hydrogen-bond donors (Lipinski definition) is 0. The summed E-state index contributed by atoms with van der Waals surface area (Å²) in [5.41, 5.74) is -1.33. The first-order valence-corrected chi connectivity index (χ1v) is 12.0. The zero-order chi connectivity index (χ0) is 19.7. The van der Waals surface area contributed by atoms with Crippen molar-refractivity contribution in [2.75, 3.05) is 19.8 Å². The van der Waals surface area contributed by atoms with E-state index in [1.54, 1.807) is 19.9 Å². The van der Waals surface area contributed by atoms with Crippen LogP contribution in [0.25, 0.3) is 0 Å². The van der Waals surface area contributed by atoms with E-state index in [9.17, 15) is 9.59 Å². The summed E-state index contributed by atoms with van der Waals surface area (Å²) >= 11 is 0. The van der Waals surface area contributed by atoms with Gasteiger partial charge in [-0.25, -0.2) is 0 Å². The van der Waals surface area contributed by atoms with Gasteiger partial charge in [-0.15, -0.1) is 6.58 Å². The molecule has 0 saturated heterocycles. The lowest BCUT2D eigenvalue weighted by Crippen LogP contribution is -2.46. The minimum atomic E-state index is -1.97. The van der Waals surface area contributed by atoms with Crippen LogP contribution in [-0.2, 0) is 23.5 Å². The Morgan fingerprint density at radius 1 is 1.00 bits per heavy atom. The third-order valence-electron chi connectivity index (χ3n) is 4.91. The Labute approximate surface area is 154 Å². The van der Waals surface area contributed by atoms with Crippen LogP contribution in [0, 0.1) is 5.41 Å². The number of carbonyl (C=O) groups is 2. The molecule has 5 nitrogen and oxygen atoms in total. The molecule has 0 aromatic heterocycles. The second-order valence-corrected chi connectivity index (χ2v) is 12.5. The highest BCUT2D eigenvalue weighted by molar-refractivity contribution is 6.74. The van der Waals surface area contributed by atoms with E-state index in [0.29, 0.717) is 19.4 Å². The van der Waals surface area contributed by atoms with E-state index in [4.69, 9.17) is 13.9 Å². The highest BCUT2D eigenvalue weighted by Gasteiger charge is 2.48. The Morgan fingerprint density at radius 3 is 1.84 bits per heavy atom. The lowest BCUT2D eigenvalue weighted by atomic mass is 9.80. The fourth-order valence-electron chi connectivity index (χ4n) is 2.20. The summed E-state index contributed by atoms with van der Waals surface area (Å²) in [4.78, 5) is 25.3. The average Bonchev–Trinajstić information content (AvgIpc) is 2.49. The minimum absolute atomic E-state index is 0.0602. The quantitative estimate of drug-likeness (QED) is 0.232. The van der Waals surface area contributed by atoms with E-state index in [2.05, 4.69) is 40.4 Å². The molecule has 0 rings (SSSR count). The molecule has 0 bridgehead atoms. The van der Waals surface area contributed by atoms with Crippen LogP contribution in [-0.4, -0.2) is 40.1 Å². The fourth-order valence-corrected chi connectivity index (χ4v) is 3.25. The van der Waals surface area contributed by atoms with Crippen molar-refractivity contribution in [3.63, 3.8) is 0 Å². The second-order valence-electron chi connectivity index (χ2n) is 7.71. The van der Waals surface area contributed by atoms with Crippen LogP contribution >= 0.6 is 0 Å². The molecule has 0 atom stereocenters. The lowest BCUT2D eigenvalue weighted by Gasteiger charge is -2.37. The van der Waals surface area contributed by atoms with E-state index in [-0.39, 0.29) is 24.7 Å². The number of ether oxygens (including phenoxy) is 2. The number of allylic oxidation sites excluding steroid dienone is 1. The van der Waals surface area contributed by atoms with Gasteiger partial charge < -0.3 is 13.9 Å². The van der Waals surface area contributed by atoms with Crippen molar-refractivity contribution < 1.29 is 23.5 Å². The number of hydrogen-bond acceptors (Lipinski definition) is 5. The van der Waals surface area contributed by atoms with Crippen molar-refractivity contribution in [3.8, 4) is 0 Å². The number of rotatable bonds is 11. The van der Waals surface area contributed by atoms with Gasteiger partial charge in [0.25, 0.3) is 0 Å². The Balaban J connectivity index is 5.43. The molecule has 0 fully saturated rings. The van der Waals surface area contributed by atoms with Gasteiger partial charge in [-0.3, -0.25) is 9.59 Å². The molecule has 0 aromatic rings. The molecule has 0 aromatic carbocycles. The predicted molar refractivity (Wildman–Crippen MR) is 103 cm³/mol. The summed E-state index contributed by atoms with van der Waals surface area (Å²) in [5, 5.41) is 0.0602. The summed E-state index contributed by atoms with van der Waals surface area (Å²) in [6.07, 6.45) is 2.79. The SMILES string of the molecule is C=CCCC(CCO[Si](C)(C)C(C)(C)C)(C(=O)OCC)C(=O)OCC. The van der Waals surface area contributed by atoms with Crippen molar-refractivity contribution >= 4 is 20.3 Å². The molecule has 25 heavy (non-hydrogen) atoms. The highest BCUT2D eigenvalue weighted by atomic mass is 28.4. The molecule has 146 valence electrons. The smallest absolute Gasteiger partial charge is 0.323 e. The van der Waals surface area contributed by atoms with Crippen LogP contribution in [0.3, 0.4) is 0 Å². The van der Waals surface area contributed by atoms with E-state index in [1.165, 1.54) is 0 Å². The Hall–Kier alpha value is -1.14. The topological polar surface area (TPSA) is 61.8 Å². The average molecular weight is 373 g/mol. The molecular formula is C19H36O5Si. The van der Waals surface area contributed by atoms with Gasteiger partial charge in [0.2, 0.25) is 0 Å². The third kappa shape index (κ3) is 6.59. The van der Waals surface area contributed by atoms with E-state index < -0.39 is 25.7 Å². The molecule has 0 radical (unpaired) electrons. The van der Waals surface area contributed by atoms with Crippen molar-refractivity contribution in [1.82, 2.24) is 0 Å². The van der Waals surface area contributed by atoms with Crippen LogP contribution in [0.15, 0.2) is 12.7 Å². The largest absolute Gasteiger partial charge is 0.465 e. The summed E-state index contributed by atoms with van der Waals surface area (Å²) in [7, 11) is -1.97. The maximum absolute atomic E-state index is 12.6. The van der Waals surface area contributed by atoms with Crippen LogP contribution in [0.1, 0.15) is 53.9 Å². The number of carbonyl (C=O) groups excluding carboxylic acids is 2. The van der Waals surface area contributed by atoms with Crippen LogP contribution in [0.2, 0.25) is 18.1 Å². The van der Waals surface area contributed by atoms with Gasteiger partial charge in [0.1, 0.15) is 0 Å². The van der Waals surface area contributed by atoms with Gasteiger partial charge in [0.15, 0.2) is 13.7 Å². The lowest BCUT2D eigenvalue weighted by molar-refractivity contribution is -0.174. The van der Waals surface area contributed by atoms with Gasteiger partial charge >= 0.3 is 11.9 Å². The first-order chi connectivity index (χ1) is 11.5. The van der Waals surface area contributed by atoms with Gasteiger partial charge in [0, 0.05) is 6.61 Å². The first kappa shape index (κ1) is 23.9. The monoisotopic (exact) mass is 372 g/mol. The van der Waals surface area contributed by atoms with Crippen molar-refractivity contribution in [3.05, 3.63) is 12.7 Å². The first-order valence-electron chi connectivity index (χ1n) is 9.07. The second kappa shape index (κ2) is 10.1. The molecule has 0 aliphatic heterocycles. The standard InChI is InChI=1S/C19H36O5Si/c1-9-12-13-19(16(20)22-10-2,17(21)23-11-3)14-15-24-25(7,8)18(4,5)6/h9H,1,10-15H2,2-8H3. The van der Waals surface area contributed by atoms with Gasteiger partial charge in [-0.1, -0.05) is 26.8 Å². The molecule has 0 amide bonds. The van der Waals surface area contributed by atoms with Crippen molar-refractivity contribution in [2.24, 2.45) is 5.41 Å². The fraction of sp³-hybridized carbons (Fsp3) is 0.789. The van der Waals surface area contributed by atoms with Crippen LogP contribution in [0.5, 0.6) is 0 Å². The molecule has 0 saturated carbocycles. The number of esters is 2. The van der Waals surface area contributed by atoms with Gasteiger partial charge in [0.05, 0.1) is 13.2 Å². The Morgan fingerprint density at radius 2 is 1.48 bits per heavy atom. The Kier molecular flexibility index (Phi) is 9.65. The minimum Gasteiger partial charge on any atom is -0.465 e. The summed E-state index contributed by atoms with van der Waals surface area (Å²) < 4.78 is 16.6. The molecular weight excluding hydrogens is 336 g/mol. The molecule has 0 aliphatic rings. The summed E-state index contributed by atoms with van der Waals surface area (Å²) in [6.45, 7) is 18.7. The Bertz CT molecular complexity index is 433. The summed E-state index contributed by atoms with van der Waals surface area (Å²) in [5.74, 6) is -1.07. The van der Waals surface area contributed by atoms with E-state index >= 15 is 0 Å². The highest BCUT2D eigenvalue weighted by Crippen LogP contribution is 2.38. The molecule has 0 N–H and O–H groups in total. The van der Waals surface area contributed by atoms with E-state index in [0.717, 1.165) is 0 Å².